The minimum Gasteiger partial charge on any atom is -0.456 e. The highest BCUT2D eigenvalue weighted by molar-refractivity contribution is 5.89. The first-order valence-corrected chi connectivity index (χ1v) is 6.07. The molecule has 18 heavy (non-hydrogen) atoms. The molecule has 0 aliphatic carbocycles. The number of likely N-dealkylation sites (N-methyl/N-ethyl adjacent to an activating group) is 1. The molecule has 0 fully saturated rings. The molecule has 0 spiro atoms. The summed E-state index contributed by atoms with van der Waals surface area (Å²) in [4.78, 5) is 11.8. The summed E-state index contributed by atoms with van der Waals surface area (Å²) >= 11 is 0. The third-order valence-electron chi connectivity index (χ3n) is 2.18. The van der Waals surface area contributed by atoms with Crippen molar-refractivity contribution in [3.8, 4) is 0 Å². The van der Waals surface area contributed by atoms with Crippen LogP contribution in [0.3, 0.4) is 0 Å². The van der Waals surface area contributed by atoms with Gasteiger partial charge in [-0.15, -0.1) is 0 Å². The molecule has 0 aromatic heterocycles. The zero-order chi connectivity index (χ0) is 13.6. The van der Waals surface area contributed by atoms with Crippen LogP contribution >= 0.6 is 0 Å². The van der Waals surface area contributed by atoms with Gasteiger partial charge in [0.2, 0.25) is 0 Å². The second-order valence-electron chi connectivity index (χ2n) is 5.08. The van der Waals surface area contributed by atoms with Crippen LogP contribution in [0.25, 0.3) is 6.08 Å². The predicted octanol–water partition coefficient (Wildman–Crippen LogP) is 2.87. The van der Waals surface area contributed by atoms with Crippen LogP contribution in [0.5, 0.6) is 0 Å². The average Bonchev–Trinajstić information content (AvgIpc) is 2.28. The van der Waals surface area contributed by atoms with Crippen molar-refractivity contribution in [3.63, 3.8) is 0 Å². The van der Waals surface area contributed by atoms with Gasteiger partial charge in [-0.2, -0.15) is 0 Å². The van der Waals surface area contributed by atoms with E-state index in [0.717, 1.165) is 12.1 Å². The second kappa shape index (κ2) is 6.36. The monoisotopic (exact) mass is 247 g/mol. The maximum absolute atomic E-state index is 11.8. The molecule has 1 N–H and O–H groups in total. The number of nitrogens with one attached hydrogen (secondary N) is 1. The zero-order valence-electron chi connectivity index (χ0n) is 11.5. The fourth-order valence-corrected chi connectivity index (χ4v) is 1.38. The van der Waals surface area contributed by atoms with Crippen molar-refractivity contribution in [3.05, 3.63) is 41.5 Å². The van der Waals surface area contributed by atoms with Gasteiger partial charge in [-0.3, -0.25) is 0 Å². The first-order chi connectivity index (χ1) is 8.42. The van der Waals surface area contributed by atoms with E-state index in [1.807, 2.05) is 52.1 Å². The SMILES string of the molecule is CNCC=Cc1ccc(C(=O)OC(C)(C)C)cc1. The Bertz CT molecular complexity index is 413. The third kappa shape index (κ3) is 5.15. The maximum Gasteiger partial charge on any atom is 0.338 e. The number of esters is 1. The van der Waals surface area contributed by atoms with Gasteiger partial charge in [0.1, 0.15) is 5.60 Å². The van der Waals surface area contributed by atoms with Gasteiger partial charge in [0.25, 0.3) is 0 Å². The van der Waals surface area contributed by atoms with Gasteiger partial charge in [0.15, 0.2) is 0 Å². The Kier molecular flexibility index (Phi) is 5.10. The van der Waals surface area contributed by atoms with E-state index < -0.39 is 5.60 Å². The molecule has 1 rings (SSSR count). The number of benzene rings is 1. The number of rotatable bonds is 4. The molecule has 0 unspecified atom stereocenters. The van der Waals surface area contributed by atoms with Crippen LogP contribution in [0.1, 0.15) is 36.7 Å². The molecule has 3 nitrogen and oxygen atoms in total. The summed E-state index contributed by atoms with van der Waals surface area (Å²) in [5, 5.41) is 3.03. The number of hydrogen-bond acceptors (Lipinski definition) is 3. The van der Waals surface area contributed by atoms with Crippen LogP contribution in [-0.2, 0) is 4.74 Å². The first-order valence-electron chi connectivity index (χ1n) is 6.07. The molecular weight excluding hydrogens is 226 g/mol. The van der Waals surface area contributed by atoms with Crippen molar-refractivity contribution in [1.82, 2.24) is 5.32 Å². The molecule has 0 saturated heterocycles. The lowest BCUT2D eigenvalue weighted by molar-refractivity contribution is 0.00696. The standard InChI is InChI=1S/C15H21NO2/c1-15(2,3)18-14(17)13-9-7-12(8-10-13)6-5-11-16-4/h5-10,16H,11H2,1-4H3. The Morgan fingerprint density at radius 1 is 1.28 bits per heavy atom. The number of carbonyl (C=O) groups excluding carboxylic acids is 1. The van der Waals surface area contributed by atoms with Gasteiger partial charge in [0.05, 0.1) is 5.56 Å². The Hall–Kier alpha value is -1.61. The van der Waals surface area contributed by atoms with E-state index in [4.69, 9.17) is 4.74 Å². The molecule has 1 aromatic rings. The number of ether oxygens (including phenoxy) is 1. The lowest BCUT2D eigenvalue weighted by Gasteiger charge is -2.19. The van der Waals surface area contributed by atoms with Crippen molar-refractivity contribution >= 4 is 12.0 Å². The Labute approximate surface area is 109 Å². The van der Waals surface area contributed by atoms with E-state index >= 15 is 0 Å². The lowest BCUT2D eigenvalue weighted by Crippen LogP contribution is -2.23. The largest absolute Gasteiger partial charge is 0.456 e. The quantitative estimate of drug-likeness (QED) is 0.831. The van der Waals surface area contributed by atoms with E-state index in [0.29, 0.717) is 5.56 Å². The van der Waals surface area contributed by atoms with Crippen LogP contribution in [0.15, 0.2) is 30.3 Å². The van der Waals surface area contributed by atoms with Crippen molar-refractivity contribution in [2.75, 3.05) is 13.6 Å². The molecule has 1 aromatic carbocycles. The van der Waals surface area contributed by atoms with Gasteiger partial charge in [-0.05, 0) is 45.5 Å². The van der Waals surface area contributed by atoms with Gasteiger partial charge in [-0.25, -0.2) is 4.79 Å². The molecule has 0 saturated carbocycles. The number of carbonyl (C=O) groups is 1. The van der Waals surface area contributed by atoms with Gasteiger partial charge in [0, 0.05) is 6.54 Å². The molecule has 3 heteroatoms. The predicted molar refractivity (Wildman–Crippen MR) is 74.6 cm³/mol. The van der Waals surface area contributed by atoms with Gasteiger partial charge in [-0.1, -0.05) is 24.3 Å². The summed E-state index contributed by atoms with van der Waals surface area (Å²) in [5.41, 5.74) is 1.19. The lowest BCUT2D eigenvalue weighted by atomic mass is 10.1. The van der Waals surface area contributed by atoms with E-state index in [9.17, 15) is 4.79 Å². The van der Waals surface area contributed by atoms with Crippen molar-refractivity contribution in [2.45, 2.75) is 26.4 Å². The molecule has 0 heterocycles. The maximum atomic E-state index is 11.8. The molecular formula is C15H21NO2. The van der Waals surface area contributed by atoms with Crippen LogP contribution in [0, 0.1) is 0 Å². The Morgan fingerprint density at radius 3 is 2.39 bits per heavy atom. The van der Waals surface area contributed by atoms with Crippen LogP contribution in [-0.4, -0.2) is 25.2 Å². The summed E-state index contributed by atoms with van der Waals surface area (Å²) in [6, 6.07) is 7.39. The summed E-state index contributed by atoms with van der Waals surface area (Å²) < 4.78 is 5.30. The number of hydrogen-bond donors (Lipinski definition) is 1. The average molecular weight is 247 g/mol. The molecule has 0 atom stereocenters. The third-order valence-corrected chi connectivity index (χ3v) is 2.18. The highest BCUT2D eigenvalue weighted by atomic mass is 16.6. The molecule has 0 amide bonds. The van der Waals surface area contributed by atoms with E-state index in [-0.39, 0.29) is 5.97 Å². The van der Waals surface area contributed by atoms with Crippen molar-refractivity contribution in [1.29, 1.82) is 0 Å². The topological polar surface area (TPSA) is 38.3 Å². The van der Waals surface area contributed by atoms with E-state index in [2.05, 4.69) is 5.32 Å². The Balaban J connectivity index is 2.68. The van der Waals surface area contributed by atoms with Gasteiger partial charge >= 0.3 is 5.97 Å². The minimum atomic E-state index is -0.456. The molecule has 0 aliphatic rings. The smallest absolute Gasteiger partial charge is 0.338 e. The molecule has 0 radical (unpaired) electrons. The molecule has 0 bridgehead atoms. The summed E-state index contributed by atoms with van der Waals surface area (Å²) in [6.45, 7) is 6.41. The van der Waals surface area contributed by atoms with E-state index in [1.54, 1.807) is 12.1 Å². The fraction of sp³-hybridized carbons (Fsp3) is 0.400. The Morgan fingerprint density at radius 2 is 1.89 bits per heavy atom. The van der Waals surface area contributed by atoms with Crippen LogP contribution < -0.4 is 5.32 Å². The van der Waals surface area contributed by atoms with Gasteiger partial charge < -0.3 is 10.1 Å². The summed E-state index contributed by atoms with van der Waals surface area (Å²) in [7, 11) is 1.90. The highest BCUT2D eigenvalue weighted by Crippen LogP contribution is 2.13. The highest BCUT2D eigenvalue weighted by Gasteiger charge is 2.17. The molecule has 98 valence electrons. The van der Waals surface area contributed by atoms with Crippen molar-refractivity contribution < 1.29 is 9.53 Å². The van der Waals surface area contributed by atoms with Crippen LogP contribution in [0.4, 0.5) is 0 Å². The fourth-order valence-electron chi connectivity index (χ4n) is 1.38. The van der Waals surface area contributed by atoms with Crippen molar-refractivity contribution in [2.24, 2.45) is 0 Å². The summed E-state index contributed by atoms with van der Waals surface area (Å²) in [5.74, 6) is -0.284. The normalized spacial score (nSPS) is 11.8. The summed E-state index contributed by atoms with van der Waals surface area (Å²) in [6.07, 6.45) is 4.04. The van der Waals surface area contributed by atoms with E-state index in [1.165, 1.54) is 0 Å². The molecule has 0 aliphatic heterocycles. The minimum absolute atomic E-state index is 0.284. The zero-order valence-corrected chi connectivity index (χ0v) is 11.5. The second-order valence-corrected chi connectivity index (χ2v) is 5.08. The van der Waals surface area contributed by atoms with Crippen LogP contribution in [0.2, 0.25) is 0 Å². The first kappa shape index (κ1) is 14.5.